The first-order valence-electron chi connectivity index (χ1n) is 8.51. The van der Waals surface area contributed by atoms with E-state index < -0.39 is 36.2 Å². The third kappa shape index (κ3) is 2.68. The molecule has 2 aromatic heterocycles. The Morgan fingerprint density at radius 1 is 1.12 bits per heavy atom. The molecule has 5 nitrogen and oxygen atoms in total. The van der Waals surface area contributed by atoms with Crippen LogP contribution in [0.25, 0.3) is 11.0 Å². The van der Waals surface area contributed by atoms with E-state index in [0.717, 1.165) is 11.1 Å². The monoisotopic (exact) mass is 359 g/mol. The van der Waals surface area contributed by atoms with Gasteiger partial charge in [0.1, 0.15) is 30.1 Å². The van der Waals surface area contributed by atoms with Crippen molar-refractivity contribution >= 4 is 11.0 Å². The molecule has 2 heterocycles. The summed E-state index contributed by atoms with van der Waals surface area (Å²) in [4.78, 5) is 8.41. The number of alkyl halides is 1. The smallest absolute Gasteiger partial charge is 0.143 e. The molecule has 5 atom stereocenters. The molecule has 0 spiro atoms. The van der Waals surface area contributed by atoms with Crippen molar-refractivity contribution in [1.29, 1.82) is 0 Å². The average Bonchev–Trinajstić information content (AvgIpc) is 3.18. The van der Waals surface area contributed by atoms with Crippen LogP contribution in [0.3, 0.4) is 0 Å². The molecule has 1 aliphatic carbocycles. The zero-order chi connectivity index (χ0) is 18.4. The third-order valence-corrected chi connectivity index (χ3v) is 5.33. The maximum Gasteiger partial charge on any atom is 0.143 e. The lowest BCUT2D eigenvalue weighted by Crippen LogP contribution is -2.30. The van der Waals surface area contributed by atoms with Gasteiger partial charge >= 0.3 is 0 Å². The van der Waals surface area contributed by atoms with E-state index >= 15 is 0 Å². The van der Waals surface area contributed by atoms with Crippen LogP contribution in [0, 0.1) is 18.7 Å². The van der Waals surface area contributed by atoms with Gasteiger partial charge in [0.15, 0.2) is 0 Å². The molecule has 7 heteroatoms. The van der Waals surface area contributed by atoms with E-state index in [9.17, 15) is 19.0 Å². The Morgan fingerprint density at radius 3 is 2.58 bits per heavy atom. The summed E-state index contributed by atoms with van der Waals surface area (Å²) in [5, 5.41) is 21.8. The van der Waals surface area contributed by atoms with Gasteiger partial charge in [0, 0.05) is 17.5 Å². The topological polar surface area (TPSA) is 71.2 Å². The second-order valence-electron chi connectivity index (χ2n) is 6.82. The summed E-state index contributed by atoms with van der Waals surface area (Å²) in [5.41, 5.74) is 1.75. The maximum atomic E-state index is 15.0. The summed E-state index contributed by atoms with van der Waals surface area (Å²) in [7, 11) is 0. The number of nitrogens with zero attached hydrogens (tertiary/aromatic N) is 3. The van der Waals surface area contributed by atoms with Crippen molar-refractivity contribution in [3.05, 3.63) is 59.9 Å². The first-order chi connectivity index (χ1) is 12.5. The average molecular weight is 359 g/mol. The SMILES string of the molecule is Cc1ncnc2c1ccn2[C@@H]1C[C@H]([C@@H](F)c2ccc(F)cc2)[C@@H](O)[C@H]1O. The number of aliphatic hydroxyl groups is 2. The van der Waals surface area contributed by atoms with Gasteiger partial charge in [0.25, 0.3) is 0 Å². The zero-order valence-corrected chi connectivity index (χ0v) is 14.1. The Labute approximate surface area is 148 Å². The van der Waals surface area contributed by atoms with Gasteiger partial charge in [-0.25, -0.2) is 18.7 Å². The number of benzene rings is 1. The van der Waals surface area contributed by atoms with Gasteiger partial charge in [-0.15, -0.1) is 0 Å². The molecule has 136 valence electrons. The highest BCUT2D eigenvalue weighted by Gasteiger charge is 2.46. The van der Waals surface area contributed by atoms with E-state index in [2.05, 4.69) is 9.97 Å². The van der Waals surface area contributed by atoms with Crippen molar-refractivity contribution < 1.29 is 19.0 Å². The van der Waals surface area contributed by atoms with Crippen LogP contribution in [-0.2, 0) is 0 Å². The molecule has 1 aliphatic rings. The molecular formula is C19H19F2N3O2. The number of aryl methyl sites for hydroxylation is 1. The first-order valence-corrected chi connectivity index (χ1v) is 8.51. The Kier molecular flexibility index (Phi) is 4.20. The minimum atomic E-state index is -1.50. The van der Waals surface area contributed by atoms with E-state index in [0.29, 0.717) is 11.2 Å². The number of fused-ring (bicyclic) bond motifs is 1. The fraction of sp³-hybridized carbons (Fsp3) is 0.368. The number of halogens is 2. The van der Waals surface area contributed by atoms with Gasteiger partial charge < -0.3 is 14.8 Å². The largest absolute Gasteiger partial charge is 0.390 e. The number of hydrogen-bond donors (Lipinski definition) is 2. The van der Waals surface area contributed by atoms with Gasteiger partial charge in [-0.1, -0.05) is 12.1 Å². The summed E-state index contributed by atoms with van der Waals surface area (Å²) in [6.45, 7) is 1.86. The number of aliphatic hydroxyl groups excluding tert-OH is 2. The fourth-order valence-corrected chi connectivity index (χ4v) is 3.87. The number of aromatic nitrogens is 3. The molecule has 26 heavy (non-hydrogen) atoms. The van der Waals surface area contributed by atoms with Gasteiger partial charge in [0.05, 0.1) is 17.8 Å². The molecule has 0 radical (unpaired) electrons. The van der Waals surface area contributed by atoms with E-state index in [1.54, 1.807) is 10.8 Å². The third-order valence-electron chi connectivity index (χ3n) is 5.33. The Morgan fingerprint density at radius 2 is 1.85 bits per heavy atom. The normalized spacial score (nSPS) is 27.1. The molecule has 1 fully saturated rings. The van der Waals surface area contributed by atoms with Crippen molar-refractivity contribution in [2.24, 2.45) is 5.92 Å². The van der Waals surface area contributed by atoms with Crippen molar-refractivity contribution in [1.82, 2.24) is 14.5 Å². The highest BCUT2D eigenvalue weighted by Crippen LogP contribution is 2.44. The molecular weight excluding hydrogens is 340 g/mol. The summed E-state index contributed by atoms with van der Waals surface area (Å²) < 4.78 is 29.8. The molecule has 0 unspecified atom stereocenters. The lowest BCUT2D eigenvalue weighted by Gasteiger charge is -2.20. The summed E-state index contributed by atoms with van der Waals surface area (Å²) in [5.74, 6) is -1.24. The van der Waals surface area contributed by atoms with Crippen molar-refractivity contribution in [3.63, 3.8) is 0 Å². The van der Waals surface area contributed by atoms with Crippen molar-refractivity contribution in [2.75, 3.05) is 0 Å². The second kappa shape index (κ2) is 6.41. The standard InChI is InChI=1S/C19H19F2N3O2/c1-10-13-6-7-24(19(13)23-9-22-10)15-8-14(17(25)18(15)26)16(21)11-2-4-12(20)5-3-11/h2-7,9,14-18,25-26H,8H2,1H3/t14-,15-,16+,17-,18+/m1/s1. The summed E-state index contributed by atoms with van der Waals surface area (Å²) >= 11 is 0. The van der Waals surface area contributed by atoms with E-state index in [4.69, 9.17) is 0 Å². The predicted molar refractivity (Wildman–Crippen MR) is 91.7 cm³/mol. The fourth-order valence-electron chi connectivity index (χ4n) is 3.87. The highest BCUT2D eigenvalue weighted by atomic mass is 19.1. The Balaban J connectivity index is 1.65. The molecule has 0 bridgehead atoms. The molecule has 2 N–H and O–H groups in total. The summed E-state index contributed by atoms with van der Waals surface area (Å²) in [6.07, 6.45) is -0.373. The highest BCUT2D eigenvalue weighted by molar-refractivity contribution is 5.78. The minimum absolute atomic E-state index is 0.244. The lowest BCUT2D eigenvalue weighted by atomic mass is 9.93. The van der Waals surface area contributed by atoms with Gasteiger partial charge in [-0.2, -0.15) is 0 Å². The van der Waals surface area contributed by atoms with Crippen LogP contribution in [0.4, 0.5) is 8.78 Å². The summed E-state index contributed by atoms with van der Waals surface area (Å²) in [6, 6.07) is 6.47. The molecule has 0 saturated heterocycles. The van der Waals surface area contributed by atoms with E-state index in [1.807, 2.05) is 13.0 Å². The lowest BCUT2D eigenvalue weighted by molar-refractivity contribution is -0.00972. The van der Waals surface area contributed by atoms with Crippen LogP contribution in [0.1, 0.15) is 29.9 Å². The molecule has 1 aromatic carbocycles. The second-order valence-corrected chi connectivity index (χ2v) is 6.82. The molecule has 0 amide bonds. The number of rotatable bonds is 3. The van der Waals surface area contributed by atoms with Crippen molar-refractivity contribution in [3.8, 4) is 0 Å². The molecule has 0 aliphatic heterocycles. The number of hydrogen-bond acceptors (Lipinski definition) is 4. The van der Waals surface area contributed by atoms with Crippen LogP contribution in [0.5, 0.6) is 0 Å². The van der Waals surface area contributed by atoms with Crippen molar-refractivity contribution in [2.45, 2.75) is 37.8 Å². The van der Waals surface area contributed by atoms with E-state index in [1.165, 1.54) is 30.6 Å². The minimum Gasteiger partial charge on any atom is -0.390 e. The van der Waals surface area contributed by atoms with Crippen LogP contribution in [0.2, 0.25) is 0 Å². The molecule has 4 rings (SSSR count). The van der Waals surface area contributed by atoms with Crippen LogP contribution in [-0.4, -0.2) is 37.0 Å². The zero-order valence-electron chi connectivity index (χ0n) is 14.1. The van der Waals surface area contributed by atoms with Gasteiger partial charge in [-0.05, 0) is 37.1 Å². The maximum absolute atomic E-state index is 15.0. The van der Waals surface area contributed by atoms with Gasteiger partial charge in [-0.3, -0.25) is 0 Å². The molecule has 3 aromatic rings. The van der Waals surface area contributed by atoms with Crippen LogP contribution >= 0.6 is 0 Å². The van der Waals surface area contributed by atoms with E-state index in [-0.39, 0.29) is 6.42 Å². The molecule has 1 saturated carbocycles. The first kappa shape index (κ1) is 17.1. The van der Waals surface area contributed by atoms with Crippen LogP contribution < -0.4 is 0 Å². The Bertz CT molecular complexity index is 928. The van der Waals surface area contributed by atoms with Crippen LogP contribution in [0.15, 0.2) is 42.9 Å². The predicted octanol–water partition coefficient (Wildman–Crippen LogP) is 2.87. The quantitative estimate of drug-likeness (QED) is 0.754. The van der Waals surface area contributed by atoms with Gasteiger partial charge in [0.2, 0.25) is 0 Å². The Hall–Kier alpha value is -2.38.